The highest BCUT2D eigenvalue weighted by Gasteiger charge is 2.20. The molecule has 1 aromatic heterocycles. The molecule has 0 aliphatic carbocycles. The van der Waals surface area contributed by atoms with Crippen LogP contribution < -0.4 is 5.32 Å². The number of thiazole rings is 1. The van der Waals surface area contributed by atoms with Crippen LogP contribution in [-0.2, 0) is 11.3 Å². The lowest BCUT2D eigenvalue weighted by atomic mass is 10.2. The molecular formula is C10H16N2OS. The van der Waals surface area contributed by atoms with Gasteiger partial charge in [-0.15, -0.1) is 11.3 Å². The van der Waals surface area contributed by atoms with Gasteiger partial charge in [-0.3, -0.25) is 0 Å². The van der Waals surface area contributed by atoms with Crippen LogP contribution in [0.1, 0.15) is 35.8 Å². The van der Waals surface area contributed by atoms with E-state index < -0.39 is 0 Å². The fourth-order valence-corrected chi connectivity index (χ4v) is 2.54. The number of nitrogens with one attached hydrogen (secondary N) is 1. The number of rotatable bonds is 4. The molecule has 0 saturated carbocycles. The van der Waals surface area contributed by atoms with E-state index in [1.165, 1.54) is 11.3 Å². The molecule has 1 aliphatic heterocycles. The molecule has 2 heterocycles. The second kappa shape index (κ2) is 4.87. The Bertz CT molecular complexity index is 281. The zero-order valence-electron chi connectivity index (χ0n) is 8.45. The Hall–Kier alpha value is -0.450. The summed E-state index contributed by atoms with van der Waals surface area (Å²) in [4.78, 5) is 5.71. The minimum atomic E-state index is 0.273. The second-order valence-electron chi connectivity index (χ2n) is 3.45. The maximum Gasteiger partial charge on any atom is 0.122 e. The number of ether oxygens (including phenoxy) is 1. The van der Waals surface area contributed by atoms with Gasteiger partial charge in [-0.25, -0.2) is 4.98 Å². The molecule has 0 aromatic carbocycles. The highest BCUT2D eigenvalue weighted by atomic mass is 32.1. The van der Waals surface area contributed by atoms with Crippen molar-refractivity contribution in [3.8, 4) is 0 Å². The van der Waals surface area contributed by atoms with E-state index in [-0.39, 0.29) is 6.10 Å². The summed E-state index contributed by atoms with van der Waals surface area (Å²) in [6.45, 7) is 4.95. The van der Waals surface area contributed by atoms with Gasteiger partial charge in [0.15, 0.2) is 0 Å². The Kier molecular flexibility index (Phi) is 3.50. The minimum Gasteiger partial charge on any atom is -0.371 e. The fraction of sp³-hybridized carbons (Fsp3) is 0.700. The van der Waals surface area contributed by atoms with E-state index in [1.54, 1.807) is 11.3 Å². The molecular weight excluding hydrogens is 196 g/mol. The van der Waals surface area contributed by atoms with Crippen LogP contribution in [0.3, 0.4) is 0 Å². The number of aromatic nitrogens is 1. The standard InChI is InChI=1S/C10H16N2OS/c1-2-11-6-8-7-12-10(14-8)9-4-3-5-13-9/h7,9,11H,2-6H2,1H3. The van der Waals surface area contributed by atoms with E-state index in [0.717, 1.165) is 31.1 Å². The summed E-state index contributed by atoms with van der Waals surface area (Å²) < 4.78 is 5.58. The summed E-state index contributed by atoms with van der Waals surface area (Å²) in [5.41, 5.74) is 0. The smallest absolute Gasteiger partial charge is 0.122 e. The molecule has 0 spiro atoms. The topological polar surface area (TPSA) is 34.2 Å². The van der Waals surface area contributed by atoms with Crippen molar-refractivity contribution < 1.29 is 4.74 Å². The monoisotopic (exact) mass is 212 g/mol. The molecule has 78 valence electrons. The molecule has 1 atom stereocenters. The molecule has 0 radical (unpaired) electrons. The van der Waals surface area contributed by atoms with Gasteiger partial charge in [-0.05, 0) is 19.4 Å². The van der Waals surface area contributed by atoms with Crippen molar-refractivity contribution in [1.29, 1.82) is 0 Å². The fourth-order valence-electron chi connectivity index (χ4n) is 1.57. The maximum absolute atomic E-state index is 5.58. The van der Waals surface area contributed by atoms with Crippen LogP contribution in [-0.4, -0.2) is 18.1 Å². The third kappa shape index (κ3) is 2.32. The van der Waals surface area contributed by atoms with Crippen molar-refractivity contribution in [2.75, 3.05) is 13.2 Å². The maximum atomic E-state index is 5.58. The van der Waals surface area contributed by atoms with Gasteiger partial charge in [0.1, 0.15) is 11.1 Å². The van der Waals surface area contributed by atoms with Crippen molar-refractivity contribution >= 4 is 11.3 Å². The average Bonchev–Trinajstić information content (AvgIpc) is 2.85. The molecule has 2 rings (SSSR count). The first kappa shape index (κ1) is 10.1. The normalized spacial score (nSPS) is 21.6. The van der Waals surface area contributed by atoms with Gasteiger partial charge < -0.3 is 10.1 Å². The lowest BCUT2D eigenvalue weighted by Gasteiger charge is -2.03. The van der Waals surface area contributed by atoms with Crippen molar-refractivity contribution in [3.05, 3.63) is 16.1 Å². The van der Waals surface area contributed by atoms with Crippen LogP contribution in [0.5, 0.6) is 0 Å². The van der Waals surface area contributed by atoms with Gasteiger partial charge >= 0.3 is 0 Å². The Morgan fingerprint density at radius 2 is 2.64 bits per heavy atom. The van der Waals surface area contributed by atoms with E-state index in [1.807, 2.05) is 6.20 Å². The molecule has 14 heavy (non-hydrogen) atoms. The lowest BCUT2D eigenvalue weighted by molar-refractivity contribution is 0.111. The zero-order chi connectivity index (χ0) is 9.80. The van der Waals surface area contributed by atoms with Crippen LogP contribution in [0.2, 0.25) is 0 Å². The molecule has 1 saturated heterocycles. The SMILES string of the molecule is CCNCc1cnc(C2CCCO2)s1. The van der Waals surface area contributed by atoms with Gasteiger partial charge in [-0.2, -0.15) is 0 Å². The molecule has 1 aromatic rings. The van der Waals surface area contributed by atoms with Gasteiger partial charge in [-0.1, -0.05) is 6.92 Å². The van der Waals surface area contributed by atoms with E-state index in [4.69, 9.17) is 4.74 Å². The Balaban J connectivity index is 1.94. The van der Waals surface area contributed by atoms with E-state index in [2.05, 4.69) is 17.2 Å². The van der Waals surface area contributed by atoms with Crippen LogP contribution in [0.15, 0.2) is 6.20 Å². The van der Waals surface area contributed by atoms with E-state index in [9.17, 15) is 0 Å². The van der Waals surface area contributed by atoms with E-state index in [0.29, 0.717) is 0 Å². The summed E-state index contributed by atoms with van der Waals surface area (Å²) in [5, 5.41) is 4.45. The third-order valence-electron chi connectivity index (χ3n) is 2.33. The quantitative estimate of drug-likeness (QED) is 0.830. The minimum absolute atomic E-state index is 0.273. The molecule has 0 bridgehead atoms. The first-order chi connectivity index (χ1) is 6.90. The number of hydrogen-bond donors (Lipinski definition) is 1. The molecule has 1 N–H and O–H groups in total. The predicted octanol–water partition coefficient (Wildman–Crippen LogP) is 2.10. The Morgan fingerprint density at radius 1 is 1.71 bits per heavy atom. The van der Waals surface area contributed by atoms with Crippen LogP contribution in [0.4, 0.5) is 0 Å². The first-order valence-corrected chi connectivity index (χ1v) is 5.98. The predicted molar refractivity (Wildman–Crippen MR) is 57.4 cm³/mol. The first-order valence-electron chi connectivity index (χ1n) is 5.17. The Morgan fingerprint density at radius 3 is 3.36 bits per heavy atom. The number of nitrogens with zero attached hydrogens (tertiary/aromatic N) is 1. The lowest BCUT2D eigenvalue weighted by Crippen LogP contribution is -2.10. The van der Waals surface area contributed by atoms with Crippen LogP contribution in [0.25, 0.3) is 0 Å². The van der Waals surface area contributed by atoms with E-state index >= 15 is 0 Å². The molecule has 0 amide bonds. The van der Waals surface area contributed by atoms with Gasteiger partial charge in [0.05, 0.1) is 0 Å². The largest absolute Gasteiger partial charge is 0.371 e. The summed E-state index contributed by atoms with van der Waals surface area (Å²) in [7, 11) is 0. The van der Waals surface area contributed by atoms with Crippen molar-refractivity contribution in [2.45, 2.75) is 32.4 Å². The van der Waals surface area contributed by atoms with Crippen LogP contribution >= 0.6 is 11.3 Å². The summed E-state index contributed by atoms with van der Waals surface area (Å²) in [6, 6.07) is 0. The molecule has 4 heteroatoms. The van der Waals surface area contributed by atoms with Crippen molar-refractivity contribution in [1.82, 2.24) is 10.3 Å². The number of hydrogen-bond acceptors (Lipinski definition) is 4. The van der Waals surface area contributed by atoms with Crippen molar-refractivity contribution in [3.63, 3.8) is 0 Å². The van der Waals surface area contributed by atoms with Crippen molar-refractivity contribution in [2.24, 2.45) is 0 Å². The highest BCUT2D eigenvalue weighted by molar-refractivity contribution is 7.11. The summed E-state index contributed by atoms with van der Waals surface area (Å²) in [5.74, 6) is 0. The highest BCUT2D eigenvalue weighted by Crippen LogP contribution is 2.31. The molecule has 1 aliphatic rings. The molecule has 3 nitrogen and oxygen atoms in total. The summed E-state index contributed by atoms with van der Waals surface area (Å²) in [6.07, 6.45) is 4.54. The third-order valence-corrected chi connectivity index (χ3v) is 3.42. The van der Waals surface area contributed by atoms with Crippen LogP contribution in [0, 0.1) is 0 Å². The summed E-state index contributed by atoms with van der Waals surface area (Å²) >= 11 is 1.77. The molecule has 1 fully saturated rings. The Labute approximate surface area is 88.5 Å². The van der Waals surface area contributed by atoms with Gasteiger partial charge in [0.25, 0.3) is 0 Å². The average molecular weight is 212 g/mol. The van der Waals surface area contributed by atoms with Gasteiger partial charge in [0.2, 0.25) is 0 Å². The zero-order valence-corrected chi connectivity index (χ0v) is 9.27. The second-order valence-corrected chi connectivity index (χ2v) is 4.59. The molecule has 1 unspecified atom stereocenters. The van der Waals surface area contributed by atoms with Gasteiger partial charge in [0, 0.05) is 24.2 Å².